The normalized spacial score (nSPS) is 14.4. The molecule has 0 aliphatic heterocycles. The Balaban J connectivity index is 2.48. The zero-order valence-electron chi connectivity index (χ0n) is 8.96. The summed E-state index contributed by atoms with van der Waals surface area (Å²) in [5.74, 6) is 0. The fourth-order valence-corrected chi connectivity index (χ4v) is 5.38. The summed E-state index contributed by atoms with van der Waals surface area (Å²) >= 11 is 0. The first-order valence-corrected chi connectivity index (χ1v) is 12.0. The Kier molecular flexibility index (Phi) is 2.11. The van der Waals surface area contributed by atoms with Gasteiger partial charge in [-0.3, -0.25) is 0 Å². The van der Waals surface area contributed by atoms with Crippen LogP contribution in [0.3, 0.4) is 0 Å². The molecular weight excluding hydrogens is 212 g/mol. The largest absolute Gasteiger partial charge is 0.0795 e. The third-order valence-corrected chi connectivity index (χ3v) is 6.93. The lowest BCUT2D eigenvalue weighted by Gasteiger charge is -2.15. The van der Waals surface area contributed by atoms with E-state index in [0.29, 0.717) is 0 Å². The van der Waals surface area contributed by atoms with Crippen molar-refractivity contribution in [3.8, 4) is 0 Å². The lowest BCUT2D eigenvalue weighted by atomic mass is 9.93. The molecule has 0 N–H and O–H groups in total. The molecule has 0 heterocycles. The van der Waals surface area contributed by atoms with Crippen molar-refractivity contribution in [2.75, 3.05) is 0 Å². The Labute approximate surface area is 95.0 Å². The average molecular weight is 226 g/mol. The van der Waals surface area contributed by atoms with Crippen LogP contribution in [0.2, 0.25) is 0 Å². The first-order valence-electron chi connectivity index (χ1n) is 5.60. The standard InChI is InChI=1S/C13H14Si2/c14-15-12-8-7-10-4-1-3-9-5-2-6-11(12)13(9)10/h1-4,6-8H,5,15H2,14H3. The highest BCUT2D eigenvalue weighted by Crippen LogP contribution is 2.26. The SMILES string of the molecule is [SiH3][SiH2]c1ccc2cccc3c2c1C=CC3. The van der Waals surface area contributed by atoms with Crippen LogP contribution in [0.25, 0.3) is 16.8 Å². The van der Waals surface area contributed by atoms with Crippen molar-refractivity contribution in [3.63, 3.8) is 0 Å². The van der Waals surface area contributed by atoms with Crippen LogP contribution >= 0.6 is 0 Å². The van der Waals surface area contributed by atoms with E-state index in [-0.39, 0.29) is 9.04 Å². The van der Waals surface area contributed by atoms with Gasteiger partial charge in [-0.1, -0.05) is 47.7 Å². The van der Waals surface area contributed by atoms with Crippen molar-refractivity contribution in [2.45, 2.75) is 6.42 Å². The summed E-state index contributed by atoms with van der Waals surface area (Å²) in [7, 11) is 1.45. The zero-order valence-corrected chi connectivity index (χ0v) is 12.4. The molecule has 0 atom stereocenters. The molecule has 0 nitrogen and oxygen atoms in total. The van der Waals surface area contributed by atoms with Crippen LogP contribution < -0.4 is 5.19 Å². The Hall–Kier alpha value is -1.13. The van der Waals surface area contributed by atoms with Gasteiger partial charge >= 0.3 is 0 Å². The summed E-state index contributed by atoms with van der Waals surface area (Å²) in [6.45, 7) is 0. The summed E-state index contributed by atoms with van der Waals surface area (Å²) in [4.78, 5) is 0. The van der Waals surface area contributed by atoms with Gasteiger partial charge in [-0.15, -0.1) is 0 Å². The predicted molar refractivity (Wildman–Crippen MR) is 74.8 cm³/mol. The smallest absolute Gasteiger partial charge is 0.0392 e. The van der Waals surface area contributed by atoms with Gasteiger partial charge in [-0.05, 0) is 38.1 Å². The molecule has 1 aliphatic carbocycles. The minimum Gasteiger partial charge on any atom is -0.0795 e. The van der Waals surface area contributed by atoms with E-state index in [1.54, 1.807) is 5.19 Å². The molecule has 0 aromatic heterocycles. The Morgan fingerprint density at radius 3 is 2.93 bits per heavy atom. The van der Waals surface area contributed by atoms with E-state index in [2.05, 4.69) is 42.5 Å². The molecule has 3 rings (SSSR count). The molecule has 0 amide bonds. The summed E-state index contributed by atoms with van der Waals surface area (Å²) in [5.41, 5.74) is 3.05. The van der Waals surface area contributed by atoms with Crippen molar-refractivity contribution >= 4 is 40.8 Å². The summed E-state index contributed by atoms with van der Waals surface area (Å²) in [5, 5.41) is 4.61. The van der Waals surface area contributed by atoms with Crippen molar-refractivity contribution in [1.82, 2.24) is 0 Å². The quantitative estimate of drug-likeness (QED) is 0.621. The van der Waals surface area contributed by atoms with Crippen molar-refractivity contribution in [2.24, 2.45) is 0 Å². The van der Waals surface area contributed by atoms with E-state index < -0.39 is 0 Å². The fraction of sp³-hybridized carbons (Fsp3) is 0.0769. The predicted octanol–water partition coefficient (Wildman–Crippen LogP) is 0.484. The highest BCUT2D eigenvalue weighted by Gasteiger charge is 2.10. The molecule has 2 heteroatoms. The third kappa shape index (κ3) is 1.33. The molecule has 0 fully saturated rings. The molecule has 2 aromatic rings. The van der Waals surface area contributed by atoms with Crippen LogP contribution in [0.5, 0.6) is 0 Å². The Morgan fingerprint density at radius 1 is 1.13 bits per heavy atom. The second-order valence-electron chi connectivity index (χ2n) is 4.11. The minimum atomic E-state index is 0.0687. The molecule has 0 spiro atoms. The van der Waals surface area contributed by atoms with Gasteiger partial charge in [-0.2, -0.15) is 0 Å². The van der Waals surface area contributed by atoms with Crippen molar-refractivity contribution in [3.05, 3.63) is 47.5 Å². The van der Waals surface area contributed by atoms with E-state index in [1.807, 2.05) is 0 Å². The van der Waals surface area contributed by atoms with Crippen molar-refractivity contribution in [1.29, 1.82) is 0 Å². The van der Waals surface area contributed by atoms with Crippen LogP contribution in [0, 0.1) is 0 Å². The summed E-state index contributed by atoms with van der Waals surface area (Å²) in [6, 6.07) is 11.4. The Bertz CT molecular complexity index is 556. The molecule has 2 aromatic carbocycles. The van der Waals surface area contributed by atoms with Crippen LogP contribution in [0.1, 0.15) is 11.1 Å². The maximum Gasteiger partial charge on any atom is 0.0392 e. The highest BCUT2D eigenvalue weighted by molar-refractivity contribution is 6.98. The van der Waals surface area contributed by atoms with Gasteiger partial charge in [-0.25, -0.2) is 0 Å². The van der Waals surface area contributed by atoms with E-state index in [1.165, 1.54) is 31.7 Å². The number of hydrogen-bond acceptors (Lipinski definition) is 0. The monoisotopic (exact) mass is 226 g/mol. The first-order chi connectivity index (χ1) is 7.40. The average Bonchev–Trinajstić information content (AvgIpc) is 2.30. The fourth-order valence-electron chi connectivity index (χ4n) is 2.50. The maximum absolute atomic E-state index is 2.36. The molecule has 0 unspecified atom stereocenters. The summed E-state index contributed by atoms with van der Waals surface area (Å²) < 4.78 is 0. The van der Waals surface area contributed by atoms with Crippen molar-refractivity contribution < 1.29 is 0 Å². The van der Waals surface area contributed by atoms with Gasteiger partial charge < -0.3 is 0 Å². The highest BCUT2D eigenvalue weighted by atomic mass is 29.1. The Morgan fingerprint density at radius 2 is 2.07 bits per heavy atom. The number of hydrogen-bond donors (Lipinski definition) is 0. The second-order valence-corrected chi connectivity index (χ2v) is 7.70. The number of rotatable bonds is 1. The lowest BCUT2D eigenvalue weighted by Crippen LogP contribution is -2.19. The summed E-state index contributed by atoms with van der Waals surface area (Å²) in [6.07, 6.45) is 5.76. The number of allylic oxidation sites excluding steroid dienone is 1. The molecule has 0 bridgehead atoms. The molecule has 74 valence electrons. The van der Waals surface area contributed by atoms with E-state index in [0.717, 1.165) is 6.42 Å². The zero-order chi connectivity index (χ0) is 10.3. The maximum atomic E-state index is 2.36. The van der Waals surface area contributed by atoms with Gasteiger partial charge in [0.1, 0.15) is 0 Å². The molecule has 15 heavy (non-hydrogen) atoms. The molecule has 0 saturated heterocycles. The van der Waals surface area contributed by atoms with Crippen LogP contribution in [0.15, 0.2) is 36.4 Å². The van der Waals surface area contributed by atoms with Gasteiger partial charge in [0, 0.05) is 9.04 Å². The molecular formula is C13H14Si2. The third-order valence-electron chi connectivity index (χ3n) is 3.27. The van der Waals surface area contributed by atoms with E-state index in [9.17, 15) is 0 Å². The lowest BCUT2D eigenvalue weighted by molar-refractivity contribution is 1.30. The van der Waals surface area contributed by atoms with Crippen LogP contribution in [-0.2, 0) is 6.42 Å². The van der Waals surface area contributed by atoms with E-state index in [4.69, 9.17) is 0 Å². The number of benzene rings is 2. The van der Waals surface area contributed by atoms with Crippen LogP contribution in [-0.4, -0.2) is 18.8 Å². The van der Waals surface area contributed by atoms with Gasteiger partial charge in [0.2, 0.25) is 0 Å². The second kappa shape index (κ2) is 3.47. The van der Waals surface area contributed by atoms with Gasteiger partial charge in [0.25, 0.3) is 0 Å². The molecule has 0 radical (unpaired) electrons. The minimum absolute atomic E-state index is 0.0687. The van der Waals surface area contributed by atoms with Crippen LogP contribution in [0.4, 0.5) is 0 Å². The topological polar surface area (TPSA) is 0 Å². The first kappa shape index (κ1) is 9.13. The van der Waals surface area contributed by atoms with E-state index >= 15 is 0 Å². The van der Waals surface area contributed by atoms with Gasteiger partial charge in [0.05, 0.1) is 0 Å². The molecule has 1 aliphatic rings. The van der Waals surface area contributed by atoms with Gasteiger partial charge in [0.15, 0.2) is 0 Å². The molecule has 0 saturated carbocycles.